The maximum absolute atomic E-state index is 5.40. The molecule has 0 saturated carbocycles. The van der Waals surface area contributed by atoms with Crippen molar-refractivity contribution in [1.29, 1.82) is 0 Å². The highest BCUT2D eigenvalue weighted by molar-refractivity contribution is 8.04. The standard InChI is InChI=1S/C99H173N5S6/c1-7-13-19-25-31-37-43-49-55-61-70-78-105-91-84-89(85-92(106-79-71-62-56-50-44-38-32-26-20-14-8-2)95(91)109-82-74-65-59-53-47-41-35-29-23-17-11-5)100-98-102-97(88-76-68-67-69-77-88)103-99(104-98)101-90-86-93(107-80-72-63-57-51-45-39-33-27-21-15-9-3)96(110-83-75-66-60-54-48-42-36-30-24-18-12-6)94(87-90)108-81-73-64-58-52-46-40-34-28-22-16-10-4/h67-69,76-77,84-87H,7-66,70-75,78-83H2,1-6H3,(H2,100,101,102,103,104). The van der Waals surface area contributed by atoms with E-state index in [2.05, 4.69) is 177 Å². The summed E-state index contributed by atoms with van der Waals surface area (Å²) in [7, 11) is 0. The van der Waals surface area contributed by atoms with Gasteiger partial charge in [0.2, 0.25) is 11.9 Å². The second-order valence-corrected chi connectivity index (χ2v) is 39.6. The van der Waals surface area contributed by atoms with Gasteiger partial charge in [0, 0.05) is 46.3 Å². The molecule has 0 fully saturated rings. The van der Waals surface area contributed by atoms with Crippen LogP contribution in [0.4, 0.5) is 23.3 Å². The van der Waals surface area contributed by atoms with E-state index in [-0.39, 0.29) is 0 Å². The van der Waals surface area contributed by atoms with Crippen molar-refractivity contribution in [3.05, 3.63) is 54.6 Å². The van der Waals surface area contributed by atoms with Crippen LogP contribution in [0, 0.1) is 0 Å². The average Bonchev–Trinajstić information content (AvgIpc) is 0.800. The van der Waals surface area contributed by atoms with Crippen molar-refractivity contribution in [2.45, 2.75) is 495 Å². The maximum atomic E-state index is 5.40. The first-order valence-electron chi connectivity index (χ1n) is 48.0. The molecule has 11 heteroatoms. The number of hydrogen-bond donors (Lipinski definition) is 2. The lowest BCUT2D eigenvalue weighted by Crippen LogP contribution is -2.06. The zero-order valence-electron chi connectivity index (χ0n) is 72.9. The monoisotopic (exact) mass is 1620 g/mol. The van der Waals surface area contributed by atoms with Crippen LogP contribution in [0.15, 0.2) is 84.0 Å². The van der Waals surface area contributed by atoms with Gasteiger partial charge in [0.15, 0.2) is 5.82 Å². The third kappa shape index (κ3) is 55.1. The molecule has 0 amide bonds. The molecule has 0 saturated heterocycles. The summed E-state index contributed by atoms with van der Waals surface area (Å²) in [5.41, 5.74) is 3.18. The molecule has 2 N–H and O–H groups in total. The van der Waals surface area contributed by atoms with Crippen LogP contribution in [0.5, 0.6) is 0 Å². The summed E-state index contributed by atoms with van der Waals surface area (Å²) in [6.07, 6.45) is 91.0. The van der Waals surface area contributed by atoms with Gasteiger partial charge in [-0.25, -0.2) is 0 Å². The SMILES string of the molecule is CCCCCCCCCCCCCSc1cc(Nc2nc(Nc3cc(SCCCCCCCCCCCCC)c(SCCCCCCCCCCCCC)c(SCCCCCCCCCCCCC)c3)nc(-c3ccccc3)n2)cc(SCCCCCCCCCCCCC)c1SCCCCCCCCCCCCC. The lowest BCUT2D eigenvalue weighted by atomic mass is 10.1. The van der Waals surface area contributed by atoms with Crippen molar-refractivity contribution < 1.29 is 0 Å². The fourth-order valence-electron chi connectivity index (χ4n) is 15.1. The zero-order valence-corrected chi connectivity index (χ0v) is 77.8. The van der Waals surface area contributed by atoms with Crippen molar-refractivity contribution >= 4 is 93.8 Å². The Kier molecular flexibility index (Phi) is 69.7. The molecule has 4 rings (SSSR count). The van der Waals surface area contributed by atoms with Gasteiger partial charge < -0.3 is 10.6 Å². The minimum absolute atomic E-state index is 0.599. The van der Waals surface area contributed by atoms with E-state index < -0.39 is 0 Å². The van der Waals surface area contributed by atoms with Crippen molar-refractivity contribution in [2.75, 3.05) is 45.2 Å². The van der Waals surface area contributed by atoms with Crippen LogP contribution in [-0.2, 0) is 0 Å². The molecule has 0 unspecified atom stereocenters. The van der Waals surface area contributed by atoms with Crippen LogP contribution in [0.25, 0.3) is 11.4 Å². The lowest BCUT2D eigenvalue weighted by Gasteiger charge is -2.19. The number of rotatable bonds is 83. The second kappa shape index (κ2) is 76.1. The van der Waals surface area contributed by atoms with Crippen molar-refractivity contribution in [1.82, 2.24) is 15.0 Å². The molecule has 630 valence electrons. The highest BCUT2D eigenvalue weighted by Crippen LogP contribution is 2.45. The van der Waals surface area contributed by atoms with Crippen LogP contribution < -0.4 is 10.6 Å². The lowest BCUT2D eigenvalue weighted by molar-refractivity contribution is 0.555. The third-order valence-corrected chi connectivity index (χ3v) is 29.7. The first-order chi connectivity index (χ1) is 54.5. The van der Waals surface area contributed by atoms with Gasteiger partial charge in [0.1, 0.15) is 0 Å². The molecule has 1 aromatic heterocycles. The smallest absolute Gasteiger partial charge is 0.232 e. The normalized spacial score (nSPS) is 11.7. The highest BCUT2D eigenvalue weighted by Gasteiger charge is 2.19. The van der Waals surface area contributed by atoms with Gasteiger partial charge in [-0.2, -0.15) is 15.0 Å². The Balaban J connectivity index is 1.70. The second-order valence-electron chi connectivity index (χ2n) is 32.8. The summed E-state index contributed by atoms with van der Waals surface area (Å²) in [6, 6.07) is 20.6. The first kappa shape index (κ1) is 101. The van der Waals surface area contributed by atoms with Crippen LogP contribution in [0.2, 0.25) is 0 Å². The minimum Gasteiger partial charge on any atom is -0.324 e. The van der Waals surface area contributed by atoms with E-state index in [0.29, 0.717) is 17.7 Å². The summed E-state index contributed by atoms with van der Waals surface area (Å²) in [4.78, 5) is 24.8. The molecule has 4 aromatic rings. The molecule has 0 radical (unpaired) electrons. The summed E-state index contributed by atoms with van der Waals surface area (Å²) in [5.74, 6) is 8.88. The summed E-state index contributed by atoms with van der Waals surface area (Å²) < 4.78 is 0. The van der Waals surface area contributed by atoms with Crippen LogP contribution in [-0.4, -0.2) is 49.5 Å². The van der Waals surface area contributed by atoms with E-state index in [1.807, 2.05) is 0 Å². The molecule has 0 atom stereocenters. The van der Waals surface area contributed by atoms with Crippen LogP contribution >= 0.6 is 70.6 Å². The van der Waals surface area contributed by atoms with Gasteiger partial charge in [-0.1, -0.05) is 457 Å². The highest BCUT2D eigenvalue weighted by atomic mass is 32.2. The van der Waals surface area contributed by atoms with Gasteiger partial charge in [-0.05, 0) is 97.3 Å². The fraction of sp³-hybridized carbons (Fsp3) is 0.788. The first-order valence-corrected chi connectivity index (χ1v) is 53.9. The average molecular weight is 1630 g/mol. The molecule has 0 spiro atoms. The number of anilines is 4. The molecule has 110 heavy (non-hydrogen) atoms. The largest absolute Gasteiger partial charge is 0.324 e. The quantitative estimate of drug-likeness (QED) is 0.0328. The predicted octanol–water partition coefficient (Wildman–Crippen LogP) is 37.4. The Morgan fingerprint density at radius 2 is 0.391 bits per heavy atom. The zero-order chi connectivity index (χ0) is 78.0. The number of nitrogens with one attached hydrogen (secondary N) is 2. The van der Waals surface area contributed by atoms with Crippen LogP contribution in [0.3, 0.4) is 0 Å². The summed E-state index contributed by atoms with van der Waals surface area (Å²) in [5, 5.41) is 7.85. The Morgan fingerprint density at radius 3 is 0.591 bits per heavy atom. The summed E-state index contributed by atoms with van der Waals surface area (Å²) >= 11 is 12.8. The van der Waals surface area contributed by atoms with Gasteiger partial charge in [-0.3, -0.25) is 0 Å². The van der Waals surface area contributed by atoms with E-state index in [1.165, 1.54) is 465 Å². The van der Waals surface area contributed by atoms with E-state index >= 15 is 0 Å². The van der Waals surface area contributed by atoms with Crippen LogP contribution in [0.1, 0.15) is 465 Å². The molecule has 1 heterocycles. The molecular formula is C99H173N5S6. The number of benzene rings is 3. The predicted molar refractivity (Wildman–Crippen MR) is 508 cm³/mol. The number of aromatic nitrogens is 3. The number of thioether (sulfide) groups is 6. The van der Waals surface area contributed by atoms with E-state index in [4.69, 9.17) is 15.0 Å². The fourth-order valence-corrected chi connectivity index (χ4v) is 22.7. The third-order valence-electron chi connectivity index (χ3n) is 22.2. The Hall–Kier alpha value is -1.63. The van der Waals surface area contributed by atoms with E-state index in [1.54, 1.807) is 0 Å². The Labute approximate surface area is 709 Å². The minimum atomic E-state index is 0.599. The number of hydrogen-bond acceptors (Lipinski definition) is 11. The van der Waals surface area contributed by atoms with Crippen molar-refractivity contribution in [3.8, 4) is 11.4 Å². The van der Waals surface area contributed by atoms with Gasteiger partial charge in [0.05, 0.1) is 0 Å². The van der Waals surface area contributed by atoms with Gasteiger partial charge in [-0.15, -0.1) is 70.6 Å². The molecule has 0 aliphatic rings. The maximum Gasteiger partial charge on any atom is 0.232 e. The molecule has 0 aliphatic heterocycles. The Morgan fingerprint density at radius 1 is 0.209 bits per heavy atom. The van der Waals surface area contributed by atoms with Crippen molar-refractivity contribution in [3.63, 3.8) is 0 Å². The Bertz CT molecular complexity index is 2400. The van der Waals surface area contributed by atoms with E-state index in [0.717, 1.165) is 39.9 Å². The number of unbranched alkanes of at least 4 members (excludes halogenated alkanes) is 60. The van der Waals surface area contributed by atoms with Gasteiger partial charge in [0.25, 0.3) is 0 Å². The summed E-state index contributed by atoms with van der Waals surface area (Å²) in [6.45, 7) is 14.0. The van der Waals surface area contributed by atoms with E-state index in [9.17, 15) is 0 Å². The molecule has 3 aromatic carbocycles. The molecular weight excluding hydrogens is 1450 g/mol. The van der Waals surface area contributed by atoms with Crippen molar-refractivity contribution in [2.24, 2.45) is 0 Å². The topological polar surface area (TPSA) is 62.7 Å². The van der Waals surface area contributed by atoms with Gasteiger partial charge >= 0.3 is 0 Å². The molecule has 0 bridgehead atoms. The molecule has 0 aliphatic carbocycles. The molecule has 5 nitrogen and oxygen atoms in total. The number of nitrogens with zero attached hydrogens (tertiary/aromatic N) is 3.